The average Bonchev–Trinajstić information content (AvgIpc) is 2.93. The molecule has 5 heteroatoms. The Balaban J connectivity index is 2.09. The van der Waals surface area contributed by atoms with Crippen molar-refractivity contribution in [1.29, 1.82) is 0 Å². The molecule has 1 N–H and O–H groups in total. The van der Waals surface area contributed by atoms with Crippen molar-refractivity contribution in [3.05, 3.63) is 46.7 Å². The summed E-state index contributed by atoms with van der Waals surface area (Å²) in [5.74, 6) is 0.200. The molecule has 0 saturated carbocycles. The number of anilines is 1. The molecule has 0 amide bonds. The minimum Gasteiger partial charge on any atom is -0.378 e. The van der Waals surface area contributed by atoms with Gasteiger partial charge in [-0.2, -0.15) is 0 Å². The van der Waals surface area contributed by atoms with Crippen LogP contribution in [0.4, 0.5) is 5.69 Å². The molecule has 1 atom stereocenters. The zero-order chi connectivity index (χ0) is 14.6. The third kappa shape index (κ3) is 3.61. The van der Waals surface area contributed by atoms with Gasteiger partial charge in [0.05, 0.1) is 16.7 Å². The molecule has 0 spiro atoms. The predicted octanol–water partition coefficient (Wildman–Crippen LogP) is 4.10. The van der Waals surface area contributed by atoms with Gasteiger partial charge in [0.1, 0.15) is 0 Å². The zero-order valence-electron chi connectivity index (χ0n) is 11.7. The Kier molecular flexibility index (Phi) is 4.83. The monoisotopic (exact) mass is 309 g/mol. The molecule has 0 aliphatic rings. The lowest BCUT2D eigenvalue weighted by Crippen LogP contribution is -2.07. The van der Waals surface area contributed by atoms with Crippen molar-refractivity contribution in [1.82, 2.24) is 0 Å². The van der Waals surface area contributed by atoms with Crippen LogP contribution in [0.3, 0.4) is 0 Å². The van der Waals surface area contributed by atoms with Gasteiger partial charge in [0, 0.05) is 10.6 Å². The summed E-state index contributed by atoms with van der Waals surface area (Å²) in [4.78, 5) is 1.65. The quantitative estimate of drug-likeness (QED) is 0.873. The first-order valence-corrected chi connectivity index (χ1v) is 9.19. The van der Waals surface area contributed by atoms with E-state index < -0.39 is 9.84 Å². The highest BCUT2D eigenvalue weighted by molar-refractivity contribution is 7.91. The van der Waals surface area contributed by atoms with Crippen LogP contribution in [-0.4, -0.2) is 14.2 Å². The fourth-order valence-corrected chi connectivity index (χ4v) is 4.06. The van der Waals surface area contributed by atoms with Crippen LogP contribution in [0.5, 0.6) is 0 Å². The van der Waals surface area contributed by atoms with Crippen LogP contribution < -0.4 is 5.32 Å². The first-order chi connectivity index (χ1) is 9.53. The molecule has 1 aromatic carbocycles. The van der Waals surface area contributed by atoms with E-state index in [1.165, 1.54) is 4.88 Å². The van der Waals surface area contributed by atoms with Crippen molar-refractivity contribution in [3.63, 3.8) is 0 Å². The Bertz CT molecular complexity index is 631. The summed E-state index contributed by atoms with van der Waals surface area (Å²) in [6.07, 6.45) is 0.637. The Morgan fingerprint density at radius 1 is 1.20 bits per heavy atom. The molecule has 0 bridgehead atoms. The first-order valence-electron chi connectivity index (χ1n) is 6.65. The number of sulfone groups is 1. The van der Waals surface area contributed by atoms with E-state index in [2.05, 4.69) is 18.3 Å². The molecular weight excluding hydrogens is 290 g/mol. The minimum absolute atomic E-state index is 0.200. The van der Waals surface area contributed by atoms with Crippen LogP contribution in [0.15, 0.2) is 46.7 Å². The standard InChI is InChI=1S/C15H19NO2S2/c1-3-11-20(17,18)14-8-6-13(7-9-14)16-12(2)15-5-4-10-19-15/h4-10,12,16H,3,11H2,1-2H3. The van der Waals surface area contributed by atoms with Crippen LogP contribution in [0.1, 0.15) is 31.2 Å². The highest BCUT2D eigenvalue weighted by atomic mass is 32.2. The van der Waals surface area contributed by atoms with Crippen molar-refractivity contribution in [2.24, 2.45) is 0 Å². The fourth-order valence-electron chi connectivity index (χ4n) is 2.00. The molecule has 2 rings (SSSR count). The Hall–Kier alpha value is -1.33. The first kappa shape index (κ1) is 15.1. The molecule has 20 heavy (non-hydrogen) atoms. The minimum atomic E-state index is -3.12. The van der Waals surface area contributed by atoms with Crippen molar-refractivity contribution >= 4 is 26.9 Å². The lowest BCUT2D eigenvalue weighted by Gasteiger charge is -2.14. The summed E-state index contributed by atoms with van der Waals surface area (Å²) in [5, 5.41) is 5.42. The summed E-state index contributed by atoms with van der Waals surface area (Å²) in [6, 6.07) is 11.3. The van der Waals surface area contributed by atoms with Crippen LogP contribution in [-0.2, 0) is 9.84 Å². The number of benzene rings is 1. The maximum Gasteiger partial charge on any atom is 0.178 e. The lowest BCUT2D eigenvalue weighted by molar-refractivity contribution is 0.595. The molecule has 1 heterocycles. The van der Waals surface area contributed by atoms with Gasteiger partial charge in [0.15, 0.2) is 9.84 Å². The maximum atomic E-state index is 11.9. The summed E-state index contributed by atoms with van der Waals surface area (Å²) in [7, 11) is -3.12. The molecule has 0 fully saturated rings. The summed E-state index contributed by atoms with van der Waals surface area (Å²) in [5.41, 5.74) is 0.932. The highest BCUT2D eigenvalue weighted by Crippen LogP contribution is 2.24. The molecule has 1 unspecified atom stereocenters. The SMILES string of the molecule is CCCS(=O)(=O)c1ccc(NC(C)c2cccs2)cc1. The number of hydrogen-bond acceptors (Lipinski definition) is 4. The number of rotatable bonds is 6. The number of nitrogens with one attached hydrogen (secondary N) is 1. The van der Waals surface area contributed by atoms with Crippen LogP contribution in [0.25, 0.3) is 0 Å². The Morgan fingerprint density at radius 3 is 2.45 bits per heavy atom. The second-order valence-corrected chi connectivity index (χ2v) is 7.81. The molecule has 3 nitrogen and oxygen atoms in total. The molecule has 2 aromatic rings. The van der Waals surface area contributed by atoms with Gasteiger partial charge in [-0.3, -0.25) is 0 Å². The normalized spacial score (nSPS) is 13.1. The molecule has 0 aliphatic carbocycles. The third-order valence-corrected chi connectivity index (χ3v) is 6.03. The topological polar surface area (TPSA) is 46.2 Å². The molecule has 1 aromatic heterocycles. The third-order valence-electron chi connectivity index (χ3n) is 3.04. The Labute approximate surface area is 124 Å². The van der Waals surface area contributed by atoms with E-state index in [9.17, 15) is 8.42 Å². The fraction of sp³-hybridized carbons (Fsp3) is 0.333. The van der Waals surface area contributed by atoms with E-state index in [1.54, 1.807) is 23.5 Å². The van der Waals surface area contributed by atoms with E-state index >= 15 is 0 Å². The molecule has 108 valence electrons. The van der Waals surface area contributed by atoms with Crippen LogP contribution in [0, 0.1) is 0 Å². The predicted molar refractivity (Wildman–Crippen MR) is 85.1 cm³/mol. The van der Waals surface area contributed by atoms with Crippen LogP contribution >= 0.6 is 11.3 Å². The van der Waals surface area contributed by atoms with E-state index in [-0.39, 0.29) is 11.8 Å². The van der Waals surface area contributed by atoms with Gasteiger partial charge >= 0.3 is 0 Å². The van der Waals surface area contributed by atoms with Crippen molar-refractivity contribution in [2.75, 3.05) is 11.1 Å². The van der Waals surface area contributed by atoms with E-state index in [1.807, 2.05) is 30.5 Å². The van der Waals surface area contributed by atoms with Crippen molar-refractivity contribution in [2.45, 2.75) is 31.2 Å². The maximum absolute atomic E-state index is 11.9. The van der Waals surface area contributed by atoms with E-state index in [0.717, 1.165) is 5.69 Å². The second kappa shape index (κ2) is 6.41. The smallest absolute Gasteiger partial charge is 0.178 e. The second-order valence-electron chi connectivity index (χ2n) is 4.72. The highest BCUT2D eigenvalue weighted by Gasteiger charge is 2.13. The van der Waals surface area contributed by atoms with Gasteiger partial charge in [-0.15, -0.1) is 11.3 Å². The van der Waals surface area contributed by atoms with E-state index in [4.69, 9.17) is 0 Å². The number of thiophene rings is 1. The molecular formula is C15H19NO2S2. The van der Waals surface area contributed by atoms with Gasteiger partial charge in [0.25, 0.3) is 0 Å². The van der Waals surface area contributed by atoms with Crippen molar-refractivity contribution < 1.29 is 8.42 Å². The largest absolute Gasteiger partial charge is 0.378 e. The lowest BCUT2D eigenvalue weighted by atomic mass is 10.2. The van der Waals surface area contributed by atoms with Gasteiger partial charge in [-0.1, -0.05) is 13.0 Å². The van der Waals surface area contributed by atoms with Gasteiger partial charge in [0.2, 0.25) is 0 Å². The molecule has 0 saturated heterocycles. The van der Waals surface area contributed by atoms with Crippen LogP contribution in [0.2, 0.25) is 0 Å². The molecule has 0 radical (unpaired) electrons. The van der Waals surface area contributed by atoms with Gasteiger partial charge in [-0.05, 0) is 49.1 Å². The summed E-state index contributed by atoms with van der Waals surface area (Å²) in [6.45, 7) is 3.96. The molecule has 0 aliphatic heterocycles. The summed E-state index contributed by atoms with van der Waals surface area (Å²) >= 11 is 1.71. The number of hydrogen-bond donors (Lipinski definition) is 1. The average molecular weight is 309 g/mol. The Morgan fingerprint density at radius 2 is 1.90 bits per heavy atom. The zero-order valence-corrected chi connectivity index (χ0v) is 13.3. The van der Waals surface area contributed by atoms with Gasteiger partial charge in [-0.25, -0.2) is 8.42 Å². The summed E-state index contributed by atoms with van der Waals surface area (Å²) < 4.78 is 23.9. The van der Waals surface area contributed by atoms with E-state index in [0.29, 0.717) is 11.3 Å². The van der Waals surface area contributed by atoms with Gasteiger partial charge < -0.3 is 5.32 Å². The van der Waals surface area contributed by atoms with Crippen molar-refractivity contribution in [3.8, 4) is 0 Å².